The van der Waals surface area contributed by atoms with Gasteiger partial charge in [0.25, 0.3) is 5.91 Å². The van der Waals surface area contributed by atoms with Crippen LogP contribution in [0.15, 0.2) is 84.9 Å². The lowest BCUT2D eigenvalue weighted by Crippen LogP contribution is -2.27. The normalized spacial score (nSPS) is 16.2. The lowest BCUT2D eigenvalue weighted by Gasteiger charge is -2.24. The second kappa shape index (κ2) is 8.31. The molecule has 0 radical (unpaired) electrons. The number of hydrogen-bond acceptors (Lipinski definition) is 3. The first-order chi connectivity index (χ1) is 13.7. The van der Waals surface area contributed by atoms with Gasteiger partial charge in [-0.05, 0) is 35.4 Å². The Bertz CT molecular complexity index is 959. The van der Waals surface area contributed by atoms with Crippen molar-refractivity contribution in [3.8, 4) is 0 Å². The number of nitrogens with one attached hydrogen (secondary N) is 1. The van der Waals surface area contributed by atoms with Gasteiger partial charge in [-0.15, -0.1) is 11.8 Å². The molecule has 28 heavy (non-hydrogen) atoms. The Morgan fingerprint density at radius 1 is 0.929 bits per heavy atom. The number of carbonyl (C=O) groups excluding carboxylic acids is 2. The van der Waals surface area contributed by atoms with Gasteiger partial charge >= 0.3 is 0 Å². The first-order valence-electron chi connectivity index (χ1n) is 9.12. The predicted octanol–water partition coefficient (Wildman–Crippen LogP) is 4.71. The van der Waals surface area contributed by atoms with Crippen molar-refractivity contribution < 1.29 is 9.59 Å². The van der Waals surface area contributed by atoms with E-state index >= 15 is 0 Å². The number of rotatable bonds is 5. The van der Waals surface area contributed by atoms with Gasteiger partial charge in [0.05, 0.1) is 5.75 Å². The zero-order chi connectivity index (χ0) is 19.3. The molecule has 1 aliphatic heterocycles. The fraction of sp³-hybridized carbons (Fsp3) is 0.130. The zero-order valence-corrected chi connectivity index (χ0v) is 16.1. The van der Waals surface area contributed by atoms with E-state index in [2.05, 4.69) is 5.32 Å². The fourth-order valence-electron chi connectivity index (χ4n) is 3.21. The topological polar surface area (TPSA) is 49.4 Å². The van der Waals surface area contributed by atoms with Crippen molar-refractivity contribution in [1.82, 2.24) is 4.90 Å². The molecule has 2 amide bonds. The molecule has 140 valence electrons. The van der Waals surface area contributed by atoms with Gasteiger partial charge in [-0.3, -0.25) is 9.59 Å². The van der Waals surface area contributed by atoms with E-state index in [0.717, 1.165) is 16.8 Å². The molecule has 5 heteroatoms. The summed E-state index contributed by atoms with van der Waals surface area (Å²) in [7, 11) is 0. The molecular formula is C23H20N2O2S. The van der Waals surface area contributed by atoms with Gasteiger partial charge in [0.1, 0.15) is 5.37 Å². The Hall–Kier alpha value is -3.05. The van der Waals surface area contributed by atoms with Crippen LogP contribution in [-0.4, -0.2) is 22.5 Å². The summed E-state index contributed by atoms with van der Waals surface area (Å²) >= 11 is 1.62. The average molecular weight is 388 g/mol. The van der Waals surface area contributed by atoms with E-state index in [1.807, 2.05) is 89.8 Å². The van der Waals surface area contributed by atoms with Gasteiger partial charge in [0.15, 0.2) is 0 Å². The van der Waals surface area contributed by atoms with Crippen LogP contribution >= 0.6 is 11.8 Å². The molecule has 0 saturated carbocycles. The SMILES string of the molecule is O=C(Nc1ccccc1)c1ccc([C@H]2SCC(=O)N2Cc2ccccc2)cc1. The summed E-state index contributed by atoms with van der Waals surface area (Å²) in [5, 5.41) is 2.86. The predicted molar refractivity (Wildman–Crippen MR) is 113 cm³/mol. The lowest BCUT2D eigenvalue weighted by atomic mass is 10.1. The van der Waals surface area contributed by atoms with Crippen LogP contribution in [0.5, 0.6) is 0 Å². The maximum atomic E-state index is 12.4. The van der Waals surface area contributed by atoms with Gasteiger partial charge in [0, 0.05) is 17.8 Å². The number of nitrogens with zero attached hydrogens (tertiary/aromatic N) is 1. The standard InChI is InChI=1S/C23H20N2O2S/c26-21-16-28-23(25(21)15-17-7-3-1-4-8-17)19-13-11-18(12-14-19)22(27)24-20-9-5-2-6-10-20/h1-14,23H,15-16H2,(H,24,27)/t23-/m1/s1. The molecular weight excluding hydrogens is 368 g/mol. The van der Waals surface area contributed by atoms with E-state index in [0.29, 0.717) is 17.9 Å². The summed E-state index contributed by atoms with van der Waals surface area (Å²) in [6, 6.07) is 26.9. The Kier molecular flexibility index (Phi) is 5.44. The molecule has 1 fully saturated rings. The number of amides is 2. The van der Waals surface area contributed by atoms with Crippen LogP contribution in [-0.2, 0) is 11.3 Å². The molecule has 0 aromatic heterocycles. The average Bonchev–Trinajstić information content (AvgIpc) is 3.10. The summed E-state index contributed by atoms with van der Waals surface area (Å²) in [6.45, 7) is 0.591. The molecule has 4 nitrogen and oxygen atoms in total. The molecule has 4 rings (SSSR count). The first kappa shape index (κ1) is 18.3. The van der Waals surface area contributed by atoms with Crippen LogP contribution in [0.25, 0.3) is 0 Å². The molecule has 1 heterocycles. The number of benzene rings is 3. The van der Waals surface area contributed by atoms with Crippen LogP contribution in [0.4, 0.5) is 5.69 Å². The van der Waals surface area contributed by atoms with Crippen molar-refractivity contribution in [2.45, 2.75) is 11.9 Å². The third-order valence-corrected chi connectivity index (χ3v) is 5.91. The van der Waals surface area contributed by atoms with Gasteiger partial charge in [-0.25, -0.2) is 0 Å². The van der Waals surface area contributed by atoms with E-state index in [4.69, 9.17) is 0 Å². The monoisotopic (exact) mass is 388 g/mol. The fourth-order valence-corrected chi connectivity index (χ4v) is 4.39. The minimum absolute atomic E-state index is 0.0288. The van der Waals surface area contributed by atoms with Crippen molar-refractivity contribution in [1.29, 1.82) is 0 Å². The second-order valence-electron chi connectivity index (χ2n) is 6.61. The minimum Gasteiger partial charge on any atom is -0.322 e. The maximum Gasteiger partial charge on any atom is 0.255 e. The van der Waals surface area contributed by atoms with E-state index in [1.54, 1.807) is 11.8 Å². The number of para-hydroxylation sites is 1. The van der Waals surface area contributed by atoms with Crippen LogP contribution in [0.1, 0.15) is 26.9 Å². The molecule has 3 aromatic carbocycles. The highest BCUT2D eigenvalue weighted by molar-refractivity contribution is 8.00. The van der Waals surface area contributed by atoms with E-state index in [1.165, 1.54) is 0 Å². The smallest absolute Gasteiger partial charge is 0.255 e. The quantitative estimate of drug-likeness (QED) is 0.688. The van der Waals surface area contributed by atoms with E-state index < -0.39 is 0 Å². The number of thioether (sulfide) groups is 1. The van der Waals surface area contributed by atoms with Crippen molar-refractivity contribution in [2.24, 2.45) is 0 Å². The molecule has 1 N–H and O–H groups in total. The molecule has 0 aliphatic carbocycles. The molecule has 1 aliphatic rings. The Morgan fingerprint density at radius 3 is 2.25 bits per heavy atom. The maximum absolute atomic E-state index is 12.4. The number of carbonyl (C=O) groups is 2. The Labute approximate surface area is 168 Å². The highest BCUT2D eigenvalue weighted by Crippen LogP contribution is 2.39. The minimum atomic E-state index is -0.144. The van der Waals surface area contributed by atoms with Crippen molar-refractivity contribution in [3.05, 3.63) is 102 Å². The van der Waals surface area contributed by atoms with Gasteiger partial charge in [0.2, 0.25) is 5.91 Å². The van der Waals surface area contributed by atoms with Crippen LogP contribution in [0.3, 0.4) is 0 Å². The number of hydrogen-bond donors (Lipinski definition) is 1. The highest BCUT2D eigenvalue weighted by Gasteiger charge is 2.32. The van der Waals surface area contributed by atoms with Crippen molar-refractivity contribution in [3.63, 3.8) is 0 Å². The molecule has 0 spiro atoms. The Morgan fingerprint density at radius 2 is 1.57 bits per heavy atom. The summed E-state index contributed by atoms with van der Waals surface area (Å²) in [6.07, 6.45) is 0. The molecule has 1 saturated heterocycles. The Balaban J connectivity index is 1.48. The van der Waals surface area contributed by atoms with E-state index in [9.17, 15) is 9.59 Å². The second-order valence-corrected chi connectivity index (χ2v) is 7.68. The van der Waals surface area contributed by atoms with Crippen LogP contribution in [0, 0.1) is 0 Å². The first-order valence-corrected chi connectivity index (χ1v) is 10.2. The third kappa shape index (κ3) is 4.10. The van der Waals surface area contributed by atoms with Crippen molar-refractivity contribution in [2.75, 3.05) is 11.1 Å². The lowest BCUT2D eigenvalue weighted by molar-refractivity contribution is -0.128. The van der Waals surface area contributed by atoms with Crippen molar-refractivity contribution >= 4 is 29.3 Å². The zero-order valence-electron chi connectivity index (χ0n) is 15.2. The summed E-state index contributed by atoms with van der Waals surface area (Å²) in [5.74, 6) is 0.479. The molecule has 3 aromatic rings. The summed E-state index contributed by atoms with van der Waals surface area (Å²) in [4.78, 5) is 26.7. The summed E-state index contributed by atoms with van der Waals surface area (Å²) in [5.41, 5.74) is 3.50. The van der Waals surface area contributed by atoms with Gasteiger partial charge in [-0.2, -0.15) is 0 Å². The van der Waals surface area contributed by atoms with E-state index in [-0.39, 0.29) is 17.2 Å². The third-order valence-electron chi connectivity index (χ3n) is 4.65. The highest BCUT2D eigenvalue weighted by atomic mass is 32.2. The molecule has 1 atom stereocenters. The molecule has 0 unspecified atom stereocenters. The van der Waals surface area contributed by atoms with Crippen LogP contribution < -0.4 is 5.32 Å². The van der Waals surface area contributed by atoms with Gasteiger partial charge in [-0.1, -0.05) is 60.7 Å². The molecule has 0 bridgehead atoms. The summed E-state index contributed by atoms with van der Waals surface area (Å²) < 4.78 is 0. The largest absolute Gasteiger partial charge is 0.322 e. The number of anilines is 1. The van der Waals surface area contributed by atoms with Gasteiger partial charge < -0.3 is 10.2 Å². The van der Waals surface area contributed by atoms with Crippen LogP contribution in [0.2, 0.25) is 0 Å².